The zero-order chi connectivity index (χ0) is 23.3. The maximum Gasteiger partial charge on any atom is 0.234 e. The van der Waals surface area contributed by atoms with E-state index in [4.69, 9.17) is 0 Å². The zero-order valence-corrected chi connectivity index (χ0v) is 20.2. The van der Waals surface area contributed by atoms with Gasteiger partial charge in [0.2, 0.25) is 5.91 Å². The highest BCUT2D eigenvalue weighted by Crippen LogP contribution is 2.49. The van der Waals surface area contributed by atoms with Gasteiger partial charge in [0.1, 0.15) is 0 Å². The molecule has 2 aromatic carbocycles. The number of nitrogens with one attached hydrogen (secondary N) is 1. The number of likely N-dealkylation sites (tertiary alicyclic amines) is 1. The Hall–Kier alpha value is -2.37. The molecule has 1 aliphatic heterocycles. The lowest BCUT2D eigenvalue weighted by Gasteiger charge is -2.52. The summed E-state index contributed by atoms with van der Waals surface area (Å²) in [6.07, 6.45) is 4.88. The van der Waals surface area contributed by atoms with Crippen molar-refractivity contribution in [3.05, 3.63) is 65.7 Å². The quantitative estimate of drug-likeness (QED) is 0.622. The van der Waals surface area contributed by atoms with Crippen LogP contribution in [0.25, 0.3) is 0 Å². The lowest BCUT2D eigenvalue weighted by molar-refractivity contribution is -0.138. The van der Waals surface area contributed by atoms with Crippen LogP contribution in [0.5, 0.6) is 0 Å². The molecule has 5 heteroatoms. The van der Waals surface area contributed by atoms with Crippen molar-refractivity contribution in [1.82, 2.24) is 10.2 Å². The Morgan fingerprint density at radius 3 is 2.48 bits per heavy atom. The molecule has 4 rings (SSSR count). The molecular formula is C28H39N3O2. The van der Waals surface area contributed by atoms with Gasteiger partial charge >= 0.3 is 0 Å². The molecule has 33 heavy (non-hydrogen) atoms. The number of aliphatic hydroxyl groups is 1. The van der Waals surface area contributed by atoms with Crippen molar-refractivity contribution >= 4 is 11.6 Å². The van der Waals surface area contributed by atoms with Gasteiger partial charge in [-0.1, -0.05) is 55.3 Å². The topological polar surface area (TPSA) is 55.8 Å². The summed E-state index contributed by atoms with van der Waals surface area (Å²) in [7, 11) is 0. The van der Waals surface area contributed by atoms with E-state index < -0.39 is 5.60 Å². The molecule has 1 amide bonds. The zero-order valence-electron chi connectivity index (χ0n) is 20.2. The molecule has 5 nitrogen and oxygen atoms in total. The van der Waals surface area contributed by atoms with E-state index in [1.54, 1.807) is 0 Å². The smallest absolute Gasteiger partial charge is 0.234 e. The van der Waals surface area contributed by atoms with E-state index in [9.17, 15) is 9.90 Å². The Bertz CT molecular complexity index is 897. The Labute approximate surface area is 198 Å². The Balaban J connectivity index is 1.53. The second-order valence-corrected chi connectivity index (χ2v) is 9.65. The second-order valence-electron chi connectivity index (χ2n) is 9.65. The summed E-state index contributed by atoms with van der Waals surface area (Å²) < 4.78 is 0. The van der Waals surface area contributed by atoms with Crippen molar-refractivity contribution in [2.45, 2.75) is 64.1 Å². The van der Waals surface area contributed by atoms with Crippen LogP contribution in [0, 0.1) is 5.92 Å². The highest BCUT2D eigenvalue weighted by atomic mass is 16.3. The summed E-state index contributed by atoms with van der Waals surface area (Å²) in [6, 6.07) is 18.9. The normalized spacial score (nSPS) is 25.3. The molecule has 1 saturated heterocycles. The van der Waals surface area contributed by atoms with Gasteiger partial charge in [-0.2, -0.15) is 0 Å². The first-order chi connectivity index (χ1) is 16.0. The van der Waals surface area contributed by atoms with E-state index in [2.05, 4.69) is 53.2 Å². The van der Waals surface area contributed by atoms with Crippen LogP contribution in [-0.4, -0.2) is 47.7 Å². The highest BCUT2D eigenvalue weighted by Gasteiger charge is 2.49. The minimum Gasteiger partial charge on any atom is -0.389 e. The summed E-state index contributed by atoms with van der Waals surface area (Å²) in [5, 5.41) is 14.6. The average molecular weight is 450 g/mol. The predicted octanol–water partition coefficient (Wildman–Crippen LogP) is 4.52. The van der Waals surface area contributed by atoms with E-state index >= 15 is 0 Å². The predicted molar refractivity (Wildman–Crippen MR) is 134 cm³/mol. The number of carbonyl (C=O) groups is 1. The number of rotatable bonds is 8. The van der Waals surface area contributed by atoms with Gasteiger partial charge in [0, 0.05) is 43.8 Å². The van der Waals surface area contributed by atoms with Crippen LogP contribution >= 0.6 is 0 Å². The number of benzene rings is 2. The number of anilines is 1. The van der Waals surface area contributed by atoms with Gasteiger partial charge in [-0.25, -0.2) is 0 Å². The van der Waals surface area contributed by atoms with Gasteiger partial charge in [0.25, 0.3) is 0 Å². The standard InChI is InChI=1S/C28H39N3O2/c1-3-30(4-2)24-15-13-23(14-16-24)27-25-12-8-9-17-28(25,33)18-19-31(27)21-26(32)29-20-22-10-6-5-7-11-22/h5-7,10-11,13-16,25,27,33H,3-4,8-9,12,17-21H2,1-2H3,(H,29,32)/t25-,27+,28+/m0/s1. The number of fused-ring (bicyclic) bond motifs is 1. The van der Waals surface area contributed by atoms with Crippen molar-refractivity contribution in [3.8, 4) is 0 Å². The Morgan fingerprint density at radius 1 is 1.06 bits per heavy atom. The molecule has 2 N–H and O–H groups in total. The molecule has 2 fully saturated rings. The molecule has 1 saturated carbocycles. The van der Waals surface area contributed by atoms with E-state index in [1.807, 2.05) is 30.3 Å². The molecule has 0 unspecified atom stereocenters. The first kappa shape index (κ1) is 23.8. The number of piperidine rings is 1. The molecular weight excluding hydrogens is 410 g/mol. The van der Waals surface area contributed by atoms with Crippen LogP contribution < -0.4 is 10.2 Å². The van der Waals surface area contributed by atoms with Gasteiger partial charge in [0.15, 0.2) is 0 Å². The second kappa shape index (κ2) is 10.7. The number of hydrogen-bond acceptors (Lipinski definition) is 4. The third-order valence-electron chi connectivity index (χ3n) is 7.71. The molecule has 2 aromatic rings. The van der Waals surface area contributed by atoms with E-state index in [0.717, 1.165) is 57.3 Å². The molecule has 3 atom stereocenters. The molecule has 2 aliphatic rings. The van der Waals surface area contributed by atoms with Crippen molar-refractivity contribution in [2.24, 2.45) is 5.92 Å². The van der Waals surface area contributed by atoms with Crippen LogP contribution in [0.1, 0.15) is 63.1 Å². The summed E-state index contributed by atoms with van der Waals surface area (Å²) in [6.45, 7) is 7.97. The fraction of sp³-hybridized carbons (Fsp3) is 0.536. The number of carbonyl (C=O) groups excluding carboxylic acids is 1. The molecule has 0 aromatic heterocycles. The fourth-order valence-electron chi connectivity index (χ4n) is 5.87. The number of hydrogen-bond donors (Lipinski definition) is 2. The molecule has 178 valence electrons. The molecule has 0 spiro atoms. The first-order valence-electron chi connectivity index (χ1n) is 12.7. The van der Waals surface area contributed by atoms with Gasteiger partial charge in [-0.3, -0.25) is 9.69 Å². The van der Waals surface area contributed by atoms with Crippen LogP contribution in [0.2, 0.25) is 0 Å². The maximum atomic E-state index is 12.9. The summed E-state index contributed by atoms with van der Waals surface area (Å²) >= 11 is 0. The lowest BCUT2D eigenvalue weighted by atomic mass is 9.66. The van der Waals surface area contributed by atoms with Gasteiger partial charge in [-0.05, 0) is 56.4 Å². The SMILES string of the molecule is CCN(CC)c1ccc([C@@H]2[C@@H]3CCCC[C@@]3(O)CCN2CC(=O)NCc2ccccc2)cc1. The third-order valence-corrected chi connectivity index (χ3v) is 7.71. The molecule has 1 aliphatic carbocycles. The summed E-state index contributed by atoms with van der Waals surface area (Å²) in [5.41, 5.74) is 2.93. The van der Waals surface area contributed by atoms with E-state index in [0.29, 0.717) is 13.1 Å². The van der Waals surface area contributed by atoms with Crippen molar-refractivity contribution < 1.29 is 9.90 Å². The highest BCUT2D eigenvalue weighted by molar-refractivity contribution is 5.78. The largest absolute Gasteiger partial charge is 0.389 e. The lowest BCUT2D eigenvalue weighted by Crippen LogP contribution is -2.56. The fourth-order valence-corrected chi connectivity index (χ4v) is 5.87. The monoisotopic (exact) mass is 449 g/mol. The van der Waals surface area contributed by atoms with Crippen LogP contribution in [0.3, 0.4) is 0 Å². The van der Waals surface area contributed by atoms with Crippen LogP contribution in [0.4, 0.5) is 5.69 Å². The molecule has 1 heterocycles. The first-order valence-corrected chi connectivity index (χ1v) is 12.7. The molecule has 0 bridgehead atoms. The van der Waals surface area contributed by atoms with Gasteiger partial charge in [-0.15, -0.1) is 0 Å². The van der Waals surface area contributed by atoms with Gasteiger partial charge in [0.05, 0.1) is 12.1 Å². The minimum atomic E-state index is -0.614. The van der Waals surface area contributed by atoms with Crippen molar-refractivity contribution in [2.75, 3.05) is 31.1 Å². The average Bonchev–Trinajstić information content (AvgIpc) is 2.85. The summed E-state index contributed by atoms with van der Waals surface area (Å²) in [5.74, 6) is 0.214. The Morgan fingerprint density at radius 2 is 1.79 bits per heavy atom. The van der Waals surface area contributed by atoms with E-state index in [-0.39, 0.29) is 17.9 Å². The van der Waals surface area contributed by atoms with Crippen LogP contribution in [0.15, 0.2) is 54.6 Å². The minimum absolute atomic E-state index is 0.0462. The van der Waals surface area contributed by atoms with E-state index in [1.165, 1.54) is 11.3 Å². The van der Waals surface area contributed by atoms with Gasteiger partial charge < -0.3 is 15.3 Å². The summed E-state index contributed by atoms with van der Waals surface area (Å²) in [4.78, 5) is 17.5. The van der Waals surface area contributed by atoms with Crippen molar-refractivity contribution in [1.29, 1.82) is 0 Å². The third kappa shape index (κ3) is 5.42. The molecule has 0 radical (unpaired) electrons. The number of nitrogens with zero attached hydrogens (tertiary/aromatic N) is 2. The number of amides is 1. The maximum absolute atomic E-state index is 12.9. The van der Waals surface area contributed by atoms with Crippen molar-refractivity contribution in [3.63, 3.8) is 0 Å². The Kier molecular flexibility index (Phi) is 7.71. The van der Waals surface area contributed by atoms with Crippen LogP contribution in [-0.2, 0) is 11.3 Å².